The molecule has 54 valence electrons. The van der Waals surface area contributed by atoms with Gasteiger partial charge in [-0.15, -0.1) is 0 Å². The molecular formula is C6H6BrNO2. The Bertz CT molecular complexity index is 244. The van der Waals surface area contributed by atoms with E-state index in [9.17, 15) is 4.79 Å². The standard InChI is InChI=1S/C6H6BrNO2/c1-8-6(9)4-2-5(7)10-3-4/h2-3H,1H3,(H,8,9). The highest BCUT2D eigenvalue weighted by Gasteiger charge is 2.05. The van der Waals surface area contributed by atoms with Crippen molar-refractivity contribution in [3.8, 4) is 0 Å². The van der Waals surface area contributed by atoms with E-state index in [1.807, 2.05) is 0 Å². The molecule has 0 fully saturated rings. The van der Waals surface area contributed by atoms with Crippen molar-refractivity contribution >= 4 is 21.8 Å². The van der Waals surface area contributed by atoms with E-state index in [0.717, 1.165) is 0 Å². The van der Waals surface area contributed by atoms with Gasteiger partial charge in [-0.3, -0.25) is 4.79 Å². The molecule has 0 atom stereocenters. The fourth-order valence-corrected chi connectivity index (χ4v) is 0.914. The first-order valence-electron chi connectivity index (χ1n) is 2.70. The number of halogens is 1. The largest absolute Gasteiger partial charge is 0.457 e. The molecule has 0 aromatic carbocycles. The van der Waals surface area contributed by atoms with E-state index >= 15 is 0 Å². The summed E-state index contributed by atoms with van der Waals surface area (Å²) in [7, 11) is 1.57. The Labute approximate surface area is 66.5 Å². The molecule has 1 aromatic rings. The van der Waals surface area contributed by atoms with Crippen molar-refractivity contribution < 1.29 is 9.21 Å². The summed E-state index contributed by atoms with van der Waals surface area (Å²) in [5.74, 6) is -0.144. The van der Waals surface area contributed by atoms with Crippen molar-refractivity contribution in [1.82, 2.24) is 5.32 Å². The first-order chi connectivity index (χ1) is 4.74. The lowest BCUT2D eigenvalue weighted by atomic mass is 10.3. The van der Waals surface area contributed by atoms with E-state index in [-0.39, 0.29) is 5.91 Å². The van der Waals surface area contributed by atoms with Crippen LogP contribution in [0.1, 0.15) is 10.4 Å². The number of nitrogens with one attached hydrogen (secondary N) is 1. The molecule has 1 rings (SSSR count). The van der Waals surface area contributed by atoms with Gasteiger partial charge in [-0.25, -0.2) is 0 Å². The van der Waals surface area contributed by atoms with Crippen LogP contribution in [0.3, 0.4) is 0 Å². The summed E-state index contributed by atoms with van der Waals surface area (Å²) in [6.07, 6.45) is 1.39. The average molecular weight is 204 g/mol. The van der Waals surface area contributed by atoms with Gasteiger partial charge >= 0.3 is 0 Å². The van der Waals surface area contributed by atoms with Crippen molar-refractivity contribution in [3.63, 3.8) is 0 Å². The lowest BCUT2D eigenvalue weighted by molar-refractivity contribution is 0.0962. The molecular weight excluding hydrogens is 198 g/mol. The smallest absolute Gasteiger partial charge is 0.254 e. The summed E-state index contributed by atoms with van der Waals surface area (Å²) in [5, 5.41) is 2.47. The van der Waals surface area contributed by atoms with Crippen LogP contribution in [-0.4, -0.2) is 13.0 Å². The van der Waals surface area contributed by atoms with E-state index in [4.69, 9.17) is 4.42 Å². The second kappa shape index (κ2) is 2.88. The number of carbonyl (C=O) groups excluding carboxylic acids is 1. The van der Waals surface area contributed by atoms with Crippen molar-refractivity contribution in [1.29, 1.82) is 0 Å². The molecule has 0 spiro atoms. The Kier molecular flexibility index (Phi) is 2.11. The molecule has 4 heteroatoms. The molecule has 1 amide bonds. The van der Waals surface area contributed by atoms with E-state index in [0.29, 0.717) is 10.2 Å². The predicted octanol–water partition coefficient (Wildman–Crippen LogP) is 1.40. The van der Waals surface area contributed by atoms with Gasteiger partial charge in [0.25, 0.3) is 5.91 Å². The van der Waals surface area contributed by atoms with Crippen LogP contribution in [-0.2, 0) is 0 Å². The lowest BCUT2D eigenvalue weighted by Gasteiger charge is -1.89. The Hall–Kier alpha value is -0.770. The summed E-state index contributed by atoms with van der Waals surface area (Å²) in [6.45, 7) is 0. The number of hydrogen-bond acceptors (Lipinski definition) is 2. The molecule has 1 N–H and O–H groups in total. The highest BCUT2D eigenvalue weighted by atomic mass is 79.9. The number of furan rings is 1. The Balaban J connectivity index is 2.85. The quantitative estimate of drug-likeness (QED) is 0.751. The number of hydrogen-bond donors (Lipinski definition) is 1. The number of amides is 1. The average Bonchev–Trinajstić information content (AvgIpc) is 2.34. The molecule has 1 aromatic heterocycles. The van der Waals surface area contributed by atoms with Gasteiger partial charge in [0, 0.05) is 13.1 Å². The van der Waals surface area contributed by atoms with Crippen LogP contribution in [0.25, 0.3) is 0 Å². The van der Waals surface area contributed by atoms with E-state index in [1.54, 1.807) is 13.1 Å². The van der Waals surface area contributed by atoms with Gasteiger partial charge in [-0.2, -0.15) is 0 Å². The number of rotatable bonds is 1. The predicted molar refractivity (Wildman–Crippen MR) is 39.8 cm³/mol. The maximum absolute atomic E-state index is 10.8. The zero-order chi connectivity index (χ0) is 7.56. The van der Waals surface area contributed by atoms with Crippen LogP contribution < -0.4 is 5.32 Å². The summed E-state index contributed by atoms with van der Waals surface area (Å²) in [4.78, 5) is 10.8. The van der Waals surface area contributed by atoms with E-state index < -0.39 is 0 Å². The van der Waals surface area contributed by atoms with E-state index in [1.165, 1.54) is 6.26 Å². The molecule has 0 aliphatic heterocycles. The second-order valence-electron chi connectivity index (χ2n) is 1.72. The zero-order valence-electron chi connectivity index (χ0n) is 5.35. The Morgan fingerprint density at radius 3 is 2.90 bits per heavy atom. The van der Waals surface area contributed by atoms with Crippen LogP contribution in [0.5, 0.6) is 0 Å². The minimum Gasteiger partial charge on any atom is -0.457 e. The van der Waals surface area contributed by atoms with Gasteiger partial charge in [0.15, 0.2) is 4.67 Å². The Morgan fingerprint density at radius 2 is 2.50 bits per heavy atom. The molecule has 0 aliphatic rings. The summed E-state index contributed by atoms with van der Waals surface area (Å²) >= 11 is 3.08. The summed E-state index contributed by atoms with van der Waals surface area (Å²) < 4.78 is 5.40. The van der Waals surface area contributed by atoms with Crippen LogP contribution in [0, 0.1) is 0 Å². The normalized spacial score (nSPS) is 9.40. The fraction of sp³-hybridized carbons (Fsp3) is 0.167. The van der Waals surface area contributed by atoms with Gasteiger partial charge in [-0.1, -0.05) is 0 Å². The minimum absolute atomic E-state index is 0.144. The first-order valence-corrected chi connectivity index (χ1v) is 3.49. The molecule has 0 saturated carbocycles. The third kappa shape index (κ3) is 1.39. The highest BCUT2D eigenvalue weighted by molar-refractivity contribution is 9.10. The topological polar surface area (TPSA) is 42.2 Å². The number of carbonyl (C=O) groups is 1. The van der Waals surface area contributed by atoms with Crippen LogP contribution in [0.2, 0.25) is 0 Å². The lowest BCUT2D eigenvalue weighted by Crippen LogP contribution is -2.16. The summed E-state index contributed by atoms with van der Waals surface area (Å²) in [5.41, 5.74) is 0.523. The van der Waals surface area contributed by atoms with Gasteiger partial charge in [-0.05, 0) is 15.9 Å². The van der Waals surface area contributed by atoms with Crippen LogP contribution >= 0.6 is 15.9 Å². The van der Waals surface area contributed by atoms with Crippen molar-refractivity contribution in [2.75, 3.05) is 7.05 Å². The highest BCUT2D eigenvalue weighted by Crippen LogP contribution is 2.13. The molecule has 0 radical (unpaired) electrons. The third-order valence-electron chi connectivity index (χ3n) is 1.06. The molecule has 3 nitrogen and oxygen atoms in total. The zero-order valence-corrected chi connectivity index (χ0v) is 6.94. The molecule has 1 heterocycles. The monoisotopic (exact) mass is 203 g/mol. The second-order valence-corrected chi connectivity index (χ2v) is 2.50. The minimum atomic E-state index is -0.144. The SMILES string of the molecule is CNC(=O)c1coc(Br)c1. The van der Waals surface area contributed by atoms with Gasteiger partial charge < -0.3 is 9.73 Å². The Morgan fingerprint density at radius 1 is 1.80 bits per heavy atom. The molecule has 0 bridgehead atoms. The maximum atomic E-state index is 10.8. The fourth-order valence-electron chi connectivity index (χ4n) is 0.573. The maximum Gasteiger partial charge on any atom is 0.254 e. The first kappa shape index (κ1) is 7.34. The molecule has 0 unspecified atom stereocenters. The van der Waals surface area contributed by atoms with Gasteiger partial charge in [0.2, 0.25) is 0 Å². The van der Waals surface area contributed by atoms with Gasteiger partial charge in [0.05, 0.1) is 5.56 Å². The van der Waals surface area contributed by atoms with Crippen LogP contribution in [0.15, 0.2) is 21.4 Å². The third-order valence-corrected chi connectivity index (χ3v) is 1.47. The summed E-state index contributed by atoms with van der Waals surface area (Å²) in [6, 6.07) is 1.61. The van der Waals surface area contributed by atoms with Crippen molar-refractivity contribution in [2.24, 2.45) is 0 Å². The van der Waals surface area contributed by atoms with E-state index in [2.05, 4.69) is 21.2 Å². The molecule has 0 saturated heterocycles. The van der Waals surface area contributed by atoms with Crippen LogP contribution in [0.4, 0.5) is 0 Å². The molecule has 10 heavy (non-hydrogen) atoms. The van der Waals surface area contributed by atoms with Crippen molar-refractivity contribution in [2.45, 2.75) is 0 Å². The van der Waals surface area contributed by atoms with Crippen molar-refractivity contribution in [3.05, 3.63) is 22.6 Å². The molecule has 0 aliphatic carbocycles. The van der Waals surface area contributed by atoms with Gasteiger partial charge in [0.1, 0.15) is 6.26 Å².